The predicted molar refractivity (Wildman–Crippen MR) is 128 cm³/mol. The number of benzene rings is 1. The fraction of sp³-hybridized carbons (Fsp3) is 0.333. The lowest BCUT2D eigenvalue weighted by Gasteiger charge is -2.43. The van der Waals surface area contributed by atoms with E-state index in [4.69, 9.17) is 15.2 Å². The Kier molecular flexibility index (Phi) is 5.83. The topological polar surface area (TPSA) is 132 Å². The Bertz CT molecular complexity index is 1300. The van der Waals surface area contributed by atoms with Gasteiger partial charge in [0.2, 0.25) is 0 Å². The van der Waals surface area contributed by atoms with Crippen LogP contribution in [-0.4, -0.2) is 24.9 Å². The number of methoxy groups -OCH3 is 2. The molecule has 1 aromatic heterocycles. The average Bonchev–Trinajstić information content (AvgIpc) is 3.27. The van der Waals surface area contributed by atoms with E-state index in [9.17, 15) is 20.2 Å². The van der Waals surface area contributed by atoms with Gasteiger partial charge in [0.15, 0.2) is 5.78 Å². The zero-order valence-corrected chi connectivity index (χ0v) is 20.1. The molecule has 1 aliphatic heterocycles. The van der Waals surface area contributed by atoms with Crippen LogP contribution in [0.4, 0.5) is 10.7 Å². The Labute approximate surface area is 200 Å². The van der Waals surface area contributed by atoms with E-state index in [1.807, 2.05) is 13.8 Å². The molecule has 9 nitrogen and oxygen atoms in total. The van der Waals surface area contributed by atoms with E-state index in [2.05, 4.69) is 6.07 Å². The van der Waals surface area contributed by atoms with Crippen LogP contribution in [0.3, 0.4) is 0 Å². The van der Waals surface area contributed by atoms with Crippen LogP contribution in [0.15, 0.2) is 53.0 Å². The third-order valence-electron chi connectivity index (χ3n) is 6.09. The number of nitro groups is 1. The van der Waals surface area contributed by atoms with Gasteiger partial charge in [-0.25, -0.2) is 0 Å². The lowest BCUT2D eigenvalue weighted by atomic mass is 9.69. The summed E-state index contributed by atoms with van der Waals surface area (Å²) in [6.07, 6.45) is 0.814. The lowest BCUT2D eigenvalue weighted by Crippen LogP contribution is -2.42. The van der Waals surface area contributed by atoms with E-state index in [1.54, 1.807) is 36.3 Å². The molecule has 0 radical (unpaired) electrons. The summed E-state index contributed by atoms with van der Waals surface area (Å²) in [5.41, 5.74) is 8.13. The molecule has 0 saturated carbocycles. The number of hydrogen-bond donors (Lipinski definition) is 1. The van der Waals surface area contributed by atoms with Crippen molar-refractivity contribution in [1.82, 2.24) is 0 Å². The van der Waals surface area contributed by atoms with Crippen LogP contribution in [0.5, 0.6) is 11.5 Å². The number of nitriles is 1. The van der Waals surface area contributed by atoms with Gasteiger partial charge in [0.05, 0.1) is 42.4 Å². The standard InChI is InChI=1S/C24H24N4O5S/c1-24(2)10-16-22(17(29)11-24)21(19-7-8-20(34-19)28(30)31)14(12-25)23(26)27(16)15-6-5-13(32-3)9-18(15)33-4/h5-9,21H,10-11,26H2,1-4H3. The number of ether oxygens (including phenoxy) is 2. The molecular formula is C24H24N4O5S. The molecule has 2 aromatic rings. The second kappa shape index (κ2) is 8.50. The van der Waals surface area contributed by atoms with Crippen LogP contribution in [-0.2, 0) is 4.79 Å². The first-order valence-corrected chi connectivity index (χ1v) is 11.4. The number of ketones is 1. The number of anilines is 1. The monoisotopic (exact) mass is 480 g/mol. The van der Waals surface area contributed by atoms with E-state index >= 15 is 0 Å². The zero-order valence-electron chi connectivity index (χ0n) is 19.2. The lowest BCUT2D eigenvalue weighted by molar-refractivity contribution is -0.380. The van der Waals surface area contributed by atoms with Gasteiger partial charge >= 0.3 is 5.00 Å². The second-order valence-electron chi connectivity index (χ2n) is 8.95. The fourth-order valence-electron chi connectivity index (χ4n) is 4.63. The Morgan fingerprint density at radius 1 is 1.24 bits per heavy atom. The number of nitrogens with zero attached hydrogens (tertiary/aromatic N) is 3. The minimum atomic E-state index is -0.761. The molecule has 10 heteroatoms. The van der Waals surface area contributed by atoms with Crippen LogP contribution in [0.2, 0.25) is 0 Å². The normalized spacial score (nSPS) is 19.6. The van der Waals surface area contributed by atoms with Gasteiger partial charge < -0.3 is 15.2 Å². The number of rotatable bonds is 5. The molecular weight excluding hydrogens is 456 g/mol. The van der Waals surface area contributed by atoms with Crippen molar-refractivity contribution in [2.75, 3.05) is 19.1 Å². The van der Waals surface area contributed by atoms with Crippen molar-refractivity contribution in [3.63, 3.8) is 0 Å². The van der Waals surface area contributed by atoms with E-state index in [0.29, 0.717) is 46.2 Å². The highest BCUT2D eigenvalue weighted by molar-refractivity contribution is 7.15. The van der Waals surface area contributed by atoms with Crippen LogP contribution in [0.25, 0.3) is 0 Å². The number of carbonyl (C=O) groups is 1. The number of allylic oxidation sites excluding steroid dienone is 3. The summed E-state index contributed by atoms with van der Waals surface area (Å²) in [5, 5.41) is 21.4. The highest BCUT2D eigenvalue weighted by Crippen LogP contribution is 2.52. The minimum Gasteiger partial charge on any atom is -0.497 e. The predicted octanol–water partition coefficient (Wildman–Crippen LogP) is 4.61. The first-order valence-electron chi connectivity index (χ1n) is 10.5. The summed E-state index contributed by atoms with van der Waals surface area (Å²) in [4.78, 5) is 26.6. The molecule has 0 fully saturated rings. The first kappa shape index (κ1) is 23.3. The number of Topliss-reactive ketones (excluding diaryl/α,β-unsaturated/α-hetero) is 1. The van der Waals surface area contributed by atoms with E-state index in [1.165, 1.54) is 13.2 Å². The summed E-state index contributed by atoms with van der Waals surface area (Å²) < 4.78 is 10.9. The maximum absolute atomic E-state index is 13.5. The number of hydrogen-bond acceptors (Lipinski definition) is 9. The Morgan fingerprint density at radius 3 is 2.56 bits per heavy atom. The maximum Gasteiger partial charge on any atom is 0.324 e. The summed E-state index contributed by atoms with van der Waals surface area (Å²) in [5.74, 6) is 0.343. The van der Waals surface area contributed by atoms with Gasteiger partial charge in [0.25, 0.3) is 0 Å². The summed E-state index contributed by atoms with van der Waals surface area (Å²) in [6, 6.07) is 10.4. The molecule has 2 N–H and O–H groups in total. The second-order valence-corrected chi connectivity index (χ2v) is 10.0. The molecule has 1 aliphatic carbocycles. The summed E-state index contributed by atoms with van der Waals surface area (Å²) in [7, 11) is 3.07. The molecule has 4 rings (SSSR count). The molecule has 1 unspecified atom stereocenters. The Balaban J connectivity index is 2.00. The molecule has 0 amide bonds. The number of nitrogens with two attached hydrogens (primary N) is 1. The molecule has 0 spiro atoms. The van der Waals surface area contributed by atoms with Crippen molar-refractivity contribution in [3.05, 3.63) is 68.0 Å². The largest absolute Gasteiger partial charge is 0.497 e. The molecule has 0 bridgehead atoms. The minimum absolute atomic E-state index is 0.0594. The van der Waals surface area contributed by atoms with Crippen molar-refractivity contribution in [1.29, 1.82) is 5.26 Å². The van der Waals surface area contributed by atoms with Crippen molar-refractivity contribution in [2.45, 2.75) is 32.6 Å². The molecule has 1 atom stereocenters. The van der Waals surface area contributed by atoms with Gasteiger partial charge in [-0.2, -0.15) is 5.26 Å². The van der Waals surface area contributed by atoms with Crippen molar-refractivity contribution in [3.8, 4) is 17.6 Å². The highest BCUT2D eigenvalue weighted by Gasteiger charge is 2.45. The van der Waals surface area contributed by atoms with Crippen LogP contribution in [0, 0.1) is 26.9 Å². The van der Waals surface area contributed by atoms with Crippen molar-refractivity contribution < 1.29 is 19.2 Å². The fourth-order valence-corrected chi connectivity index (χ4v) is 5.58. The molecule has 0 saturated heterocycles. The van der Waals surface area contributed by atoms with Crippen molar-refractivity contribution in [2.24, 2.45) is 11.1 Å². The van der Waals surface area contributed by atoms with Gasteiger partial charge in [-0.15, -0.1) is 0 Å². The first-order chi connectivity index (χ1) is 16.1. The molecule has 176 valence electrons. The SMILES string of the molecule is COc1ccc(N2C(N)=C(C#N)C(c3ccc([N+](=O)[O-])s3)C3=C2CC(C)(C)CC3=O)c(OC)c1. The average molecular weight is 481 g/mol. The smallest absolute Gasteiger partial charge is 0.324 e. The molecule has 2 heterocycles. The van der Waals surface area contributed by atoms with Crippen molar-refractivity contribution >= 4 is 27.8 Å². The highest BCUT2D eigenvalue weighted by atomic mass is 32.1. The molecule has 1 aromatic carbocycles. The molecule has 2 aliphatic rings. The van der Waals surface area contributed by atoms with E-state index in [0.717, 1.165) is 11.3 Å². The Morgan fingerprint density at radius 2 is 1.97 bits per heavy atom. The van der Waals surface area contributed by atoms with Gasteiger partial charge in [0, 0.05) is 34.7 Å². The van der Waals surface area contributed by atoms with Gasteiger partial charge in [-0.1, -0.05) is 25.2 Å². The van der Waals surface area contributed by atoms with Gasteiger partial charge in [-0.3, -0.25) is 19.8 Å². The van der Waals surface area contributed by atoms with E-state index in [-0.39, 0.29) is 27.6 Å². The maximum atomic E-state index is 13.5. The Hall–Kier alpha value is -3.84. The number of thiophene rings is 1. The van der Waals surface area contributed by atoms with Crippen LogP contribution >= 0.6 is 11.3 Å². The number of carbonyl (C=O) groups excluding carboxylic acids is 1. The molecule has 34 heavy (non-hydrogen) atoms. The summed E-state index contributed by atoms with van der Waals surface area (Å²) >= 11 is 0.950. The summed E-state index contributed by atoms with van der Waals surface area (Å²) in [6.45, 7) is 4.01. The van der Waals surface area contributed by atoms with Gasteiger partial charge in [0.1, 0.15) is 17.3 Å². The van der Waals surface area contributed by atoms with E-state index < -0.39 is 10.8 Å². The third kappa shape index (κ3) is 3.78. The van der Waals surface area contributed by atoms with Crippen LogP contribution in [0.1, 0.15) is 37.5 Å². The third-order valence-corrected chi connectivity index (χ3v) is 7.19. The zero-order chi connectivity index (χ0) is 24.8. The van der Waals surface area contributed by atoms with Gasteiger partial charge in [-0.05, 0) is 30.0 Å². The van der Waals surface area contributed by atoms with Crippen LogP contribution < -0.4 is 20.1 Å². The quantitative estimate of drug-likeness (QED) is 0.484.